The van der Waals surface area contributed by atoms with Gasteiger partial charge in [0.1, 0.15) is 0 Å². The first kappa shape index (κ1) is 10.9. The molecule has 2 atom stereocenters. The van der Waals surface area contributed by atoms with Crippen molar-refractivity contribution in [2.45, 2.75) is 24.0 Å². The Hall–Kier alpha value is -0.590. The van der Waals surface area contributed by atoms with Crippen LogP contribution in [0.3, 0.4) is 0 Å². The van der Waals surface area contributed by atoms with Crippen LogP contribution in [0.2, 0.25) is 0 Å². The highest BCUT2D eigenvalue weighted by atomic mass is 32.2. The van der Waals surface area contributed by atoms with Gasteiger partial charge in [0.2, 0.25) is 0 Å². The van der Waals surface area contributed by atoms with Gasteiger partial charge in [0.15, 0.2) is 0 Å². The Kier molecular flexibility index (Phi) is 3.28. The van der Waals surface area contributed by atoms with Crippen molar-refractivity contribution >= 4 is 28.1 Å². The summed E-state index contributed by atoms with van der Waals surface area (Å²) in [5.41, 5.74) is 1.03. The van der Waals surface area contributed by atoms with Crippen molar-refractivity contribution in [1.82, 2.24) is 5.32 Å². The first-order valence-electron chi connectivity index (χ1n) is 4.78. The fraction of sp³-hybridized carbons (Fsp3) is 0.556. The van der Waals surface area contributed by atoms with Gasteiger partial charge in [-0.3, -0.25) is 10.1 Å². The Morgan fingerprint density at radius 3 is 3.07 bits per heavy atom. The molecule has 0 aliphatic carbocycles. The second-order valence-electron chi connectivity index (χ2n) is 3.54. The van der Waals surface area contributed by atoms with E-state index in [1.54, 1.807) is 6.07 Å². The summed E-state index contributed by atoms with van der Waals surface area (Å²) in [6, 6.07) is 1.67. The molecule has 1 fully saturated rings. The Morgan fingerprint density at radius 1 is 1.67 bits per heavy atom. The lowest BCUT2D eigenvalue weighted by molar-refractivity contribution is -0.380. The van der Waals surface area contributed by atoms with Gasteiger partial charge in [-0.1, -0.05) is 18.3 Å². The summed E-state index contributed by atoms with van der Waals surface area (Å²) in [5.74, 6) is 0. The van der Waals surface area contributed by atoms with E-state index >= 15 is 0 Å². The van der Waals surface area contributed by atoms with Gasteiger partial charge in [-0.25, -0.2) is 0 Å². The van der Waals surface area contributed by atoms with Crippen molar-refractivity contribution in [1.29, 1.82) is 0 Å². The van der Waals surface area contributed by atoms with E-state index in [4.69, 9.17) is 0 Å². The van der Waals surface area contributed by atoms with Crippen LogP contribution in [-0.2, 0) is 0 Å². The summed E-state index contributed by atoms with van der Waals surface area (Å²) in [7, 11) is 0. The zero-order valence-corrected chi connectivity index (χ0v) is 9.94. The van der Waals surface area contributed by atoms with E-state index in [2.05, 4.69) is 12.2 Å². The molecule has 1 aliphatic heterocycles. The minimum atomic E-state index is -0.328. The van der Waals surface area contributed by atoms with Crippen LogP contribution in [0.25, 0.3) is 0 Å². The second kappa shape index (κ2) is 4.51. The van der Waals surface area contributed by atoms with Crippen LogP contribution in [0, 0.1) is 10.1 Å². The highest BCUT2D eigenvalue weighted by Gasteiger charge is 2.23. The predicted molar refractivity (Wildman–Crippen MR) is 63.4 cm³/mol. The first-order chi connectivity index (χ1) is 7.16. The largest absolute Gasteiger partial charge is 0.324 e. The maximum atomic E-state index is 10.6. The number of nitrogens with zero attached hydrogens (tertiary/aromatic N) is 1. The number of nitro groups is 1. The molecular formula is C9H12N2O2S2. The third-order valence-corrected chi connectivity index (χ3v) is 4.65. The predicted octanol–water partition coefficient (Wildman–Crippen LogP) is 2.77. The van der Waals surface area contributed by atoms with Gasteiger partial charge in [0, 0.05) is 16.7 Å². The van der Waals surface area contributed by atoms with Crippen molar-refractivity contribution in [2.24, 2.45) is 0 Å². The molecule has 2 rings (SSSR count). The number of hydrogen-bond acceptors (Lipinski definition) is 5. The van der Waals surface area contributed by atoms with Crippen LogP contribution >= 0.6 is 23.1 Å². The van der Waals surface area contributed by atoms with Crippen LogP contribution in [-0.4, -0.2) is 16.7 Å². The fourth-order valence-corrected chi connectivity index (χ4v) is 3.60. The van der Waals surface area contributed by atoms with Crippen molar-refractivity contribution in [3.8, 4) is 0 Å². The average molecular weight is 244 g/mol. The summed E-state index contributed by atoms with van der Waals surface area (Å²) < 4.78 is 0. The molecule has 0 aromatic carbocycles. The van der Waals surface area contributed by atoms with Crippen LogP contribution in [0.4, 0.5) is 5.00 Å². The maximum absolute atomic E-state index is 10.6. The Morgan fingerprint density at radius 2 is 2.47 bits per heavy atom. The normalized spacial score (nSPS) is 26.5. The number of hydrogen-bond donors (Lipinski definition) is 1. The molecule has 0 radical (unpaired) electrons. The standard InChI is InChI=1S/C9H12N2O2S2/c1-6-2-3-10-9(15-6)7-4-8(11(12)13)14-5-7/h4-6,9-10H,2-3H2,1H3. The van der Waals surface area contributed by atoms with Crippen LogP contribution in [0.5, 0.6) is 0 Å². The minimum Gasteiger partial charge on any atom is -0.302 e. The molecule has 0 spiro atoms. The van der Waals surface area contributed by atoms with E-state index in [1.165, 1.54) is 11.3 Å². The molecule has 1 aromatic heterocycles. The van der Waals surface area contributed by atoms with Crippen molar-refractivity contribution in [3.05, 3.63) is 27.1 Å². The Labute approximate surface area is 96.2 Å². The van der Waals surface area contributed by atoms with E-state index in [1.807, 2.05) is 17.1 Å². The molecule has 1 aromatic rings. The molecule has 4 nitrogen and oxygen atoms in total. The lowest BCUT2D eigenvalue weighted by atomic mass is 10.3. The lowest BCUT2D eigenvalue weighted by Gasteiger charge is -2.27. The molecular weight excluding hydrogens is 232 g/mol. The van der Waals surface area contributed by atoms with Gasteiger partial charge in [-0.15, -0.1) is 11.8 Å². The molecule has 0 amide bonds. The molecule has 1 aliphatic rings. The van der Waals surface area contributed by atoms with Gasteiger partial charge in [-0.2, -0.15) is 0 Å². The molecule has 15 heavy (non-hydrogen) atoms. The number of rotatable bonds is 2. The van der Waals surface area contributed by atoms with Gasteiger partial charge in [0.05, 0.1) is 10.3 Å². The maximum Gasteiger partial charge on any atom is 0.324 e. The van der Waals surface area contributed by atoms with E-state index in [9.17, 15) is 10.1 Å². The third-order valence-electron chi connectivity index (χ3n) is 2.34. The summed E-state index contributed by atoms with van der Waals surface area (Å²) in [6.45, 7) is 3.18. The topological polar surface area (TPSA) is 55.2 Å². The van der Waals surface area contributed by atoms with Crippen molar-refractivity contribution in [2.75, 3.05) is 6.54 Å². The lowest BCUT2D eigenvalue weighted by Crippen LogP contribution is -2.28. The van der Waals surface area contributed by atoms with Gasteiger partial charge >= 0.3 is 5.00 Å². The van der Waals surface area contributed by atoms with E-state index in [0.717, 1.165) is 18.5 Å². The number of thiophene rings is 1. The number of thioether (sulfide) groups is 1. The van der Waals surface area contributed by atoms with Crippen LogP contribution < -0.4 is 5.32 Å². The highest BCUT2D eigenvalue weighted by molar-refractivity contribution is 8.00. The van der Waals surface area contributed by atoms with Crippen LogP contribution in [0.15, 0.2) is 11.4 Å². The van der Waals surface area contributed by atoms with Crippen LogP contribution in [0.1, 0.15) is 24.3 Å². The molecule has 82 valence electrons. The second-order valence-corrected chi connectivity index (χ2v) is 5.98. The highest BCUT2D eigenvalue weighted by Crippen LogP contribution is 2.37. The van der Waals surface area contributed by atoms with Gasteiger partial charge in [0.25, 0.3) is 0 Å². The quantitative estimate of drug-likeness (QED) is 0.642. The van der Waals surface area contributed by atoms with Crippen molar-refractivity contribution in [3.63, 3.8) is 0 Å². The molecule has 0 bridgehead atoms. The van der Waals surface area contributed by atoms with Gasteiger partial charge < -0.3 is 5.32 Å². The van der Waals surface area contributed by atoms with Gasteiger partial charge in [-0.05, 0) is 18.5 Å². The molecule has 6 heteroatoms. The summed E-state index contributed by atoms with van der Waals surface area (Å²) in [4.78, 5) is 10.2. The average Bonchev–Trinajstić information content (AvgIpc) is 2.66. The molecule has 1 saturated heterocycles. The summed E-state index contributed by atoms with van der Waals surface area (Å²) >= 11 is 3.04. The zero-order chi connectivity index (χ0) is 10.8. The fourth-order valence-electron chi connectivity index (χ4n) is 1.53. The Bertz CT molecular complexity index is 367. The smallest absolute Gasteiger partial charge is 0.302 e. The monoisotopic (exact) mass is 244 g/mol. The zero-order valence-electron chi connectivity index (χ0n) is 8.30. The third kappa shape index (κ3) is 2.50. The molecule has 0 saturated carbocycles. The molecule has 1 N–H and O–H groups in total. The van der Waals surface area contributed by atoms with E-state index < -0.39 is 0 Å². The first-order valence-corrected chi connectivity index (χ1v) is 6.60. The molecule has 2 heterocycles. The number of nitrogens with one attached hydrogen (secondary N) is 1. The summed E-state index contributed by atoms with van der Waals surface area (Å²) in [6.07, 6.45) is 1.16. The van der Waals surface area contributed by atoms with E-state index in [-0.39, 0.29) is 15.3 Å². The molecule has 2 unspecified atom stereocenters. The van der Waals surface area contributed by atoms with Crippen molar-refractivity contribution < 1.29 is 4.92 Å². The summed E-state index contributed by atoms with van der Waals surface area (Å²) in [5, 5.41) is 16.9. The minimum absolute atomic E-state index is 0.221. The Balaban J connectivity index is 2.11. The SMILES string of the molecule is CC1CCNC(c2csc([N+](=O)[O-])c2)S1. The van der Waals surface area contributed by atoms with E-state index in [0.29, 0.717) is 5.25 Å².